The molecule has 1 N–H and O–H groups in total. The standard InChI is InChI=1S/C20H26N2O4S/c1-5-26-19(25)20(9-10-27-4)15-14(17(23)22(3)18(15)24)16(21-20)13-8-6-7-12(2)11-13/h6-8,11,14-16,21H,5,9-10H2,1-4H3. The highest BCUT2D eigenvalue weighted by molar-refractivity contribution is 7.98. The van der Waals surface area contributed by atoms with E-state index in [0.29, 0.717) is 12.2 Å². The van der Waals surface area contributed by atoms with Gasteiger partial charge in [-0.3, -0.25) is 24.6 Å². The van der Waals surface area contributed by atoms with Crippen molar-refractivity contribution >= 4 is 29.5 Å². The Bertz CT molecular complexity index is 768. The summed E-state index contributed by atoms with van der Waals surface area (Å²) in [6, 6.07) is 7.45. The summed E-state index contributed by atoms with van der Waals surface area (Å²) in [5.41, 5.74) is 0.792. The molecule has 1 aromatic carbocycles. The maximum atomic E-state index is 13.0. The summed E-state index contributed by atoms with van der Waals surface area (Å²) in [6.45, 7) is 3.96. The van der Waals surface area contributed by atoms with Crippen LogP contribution in [0.1, 0.15) is 30.5 Å². The highest BCUT2D eigenvalue weighted by Gasteiger charge is 2.67. The second-order valence-corrected chi connectivity index (χ2v) is 8.20. The summed E-state index contributed by atoms with van der Waals surface area (Å²) in [5.74, 6) is -1.65. The van der Waals surface area contributed by atoms with Crippen molar-refractivity contribution in [3.05, 3.63) is 35.4 Å². The lowest BCUT2D eigenvalue weighted by Crippen LogP contribution is -2.56. The largest absolute Gasteiger partial charge is 0.465 e. The second kappa shape index (κ2) is 7.64. The minimum absolute atomic E-state index is 0.228. The van der Waals surface area contributed by atoms with Gasteiger partial charge in [0.1, 0.15) is 5.54 Å². The number of rotatable bonds is 6. The van der Waals surface area contributed by atoms with Crippen LogP contribution in [-0.2, 0) is 19.1 Å². The average Bonchev–Trinajstić information content (AvgIpc) is 3.11. The van der Waals surface area contributed by atoms with Crippen LogP contribution in [0.25, 0.3) is 0 Å². The molecule has 0 aliphatic carbocycles. The minimum atomic E-state index is -1.18. The molecule has 0 spiro atoms. The number of amides is 2. The zero-order chi connectivity index (χ0) is 19.8. The Hall–Kier alpha value is -1.86. The molecule has 7 heteroatoms. The van der Waals surface area contributed by atoms with Crippen LogP contribution in [0.15, 0.2) is 24.3 Å². The number of carbonyl (C=O) groups is 3. The SMILES string of the molecule is CCOC(=O)C1(CCSC)NC(c2cccc(C)c2)C2C(=O)N(C)C(=O)C21. The van der Waals surface area contributed by atoms with Crippen LogP contribution in [0, 0.1) is 18.8 Å². The van der Waals surface area contributed by atoms with Gasteiger partial charge in [0.15, 0.2) is 0 Å². The number of fused-ring (bicyclic) bond motifs is 1. The lowest BCUT2D eigenvalue weighted by atomic mass is 9.77. The van der Waals surface area contributed by atoms with Gasteiger partial charge in [-0.15, -0.1) is 0 Å². The summed E-state index contributed by atoms with van der Waals surface area (Å²) < 4.78 is 5.37. The van der Waals surface area contributed by atoms with Gasteiger partial charge in [-0.2, -0.15) is 11.8 Å². The predicted molar refractivity (Wildman–Crippen MR) is 104 cm³/mol. The number of ether oxygens (including phenoxy) is 1. The van der Waals surface area contributed by atoms with Crippen LogP contribution in [0.5, 0.6) is 0 Å². The van der Waals surface area contributed by atoms with Gasteiger partial charge >= 0.3 is 5.97 Å². The molecule has 0 bridgehead atoms. The third kappa shape index (κ3) is 3.17. The minimum Gasteiger partial charge on any atom is -0.465 e. The number of hydrogen-bond donors (Lipinski definition) is 1. The summed E-state index contributed by atoms with van der Waals surface area (Å²) in [5, 5.41) is 3.39. The molecule has 4 atom stereocenters. The van der Waals surface area contributed by atoms with E-state index >= 15 is 0 Å². The quantitative estimate of drug-likeness (QED) is 0.591. The first kappa shape index (κ1) is 19.9. The Morgan fingerprint density at radius 3 is 2.70 bits per heavy atom. The first-order valence-electron chi connectivity index (χ1n) is 9.19. The lowest BCUT2D eigenvalue weighted by Gasteiger charge is -2.32. The molecule has 4 unspecified atom stereocenters. The molecule has 0 saturated carbocycles. The highest BCUT2D eigenvalue weighted by Crippen LogP contribution is 2.50. The molecule has 0 aromatic heterocycles. The zero-order valence-electron chi connectivity index (χ0n) is 16.2. The molecule has 27 heavy (non-hydrogen) atoms. The van der Waals surface area contributed by atoms with E-state index < -0.39 is 29.4 Å². The van der Waals surface area contributed by atoms with Crippen LogP contribution in [0.2, 0.25) is 0 Å². The topological polar surface area (TPSA) is 75.7 Å². The summed E-state index contributed by atoms with van der Waals surface area (Å²) >= 11 is 1.60. The van der Waals surface area contributed by atoms with E-state index in [1.807, 2.05) is 37.4 Å². The Labute approximate surface area is 164 Å². The predicted octanol–water partition coefficient (Wildman–Crippen LogP) is 1.93. The fourth-order valence-electron chi connectivity index (χ4n) is 4.34. The number of likely N-dealkylation sites (tertiary alicyclic amines) is 1. The fraction of sp³-hybridized carbons (Fsp3) is 0.550. The maximum Gasteiger partial charge on any atom is 0.327 e. The fourth-order valence-corrected chi connectivity index (χ4v) is 4.87. The highest BCUT2D eigenvalue weighted by atomic mass is 32.2. The van der Waals surface area contributed by atoms with Crippen molar-refractivity contribution in [2.75, 3.05) is 25.7 Å². The van der Waals surface area contributed by atoms with E-state index in [0.717, 1.165) is 11.1 Å². The van der Waals surface area contributed by atoms with Crippen molar-refractivity contribution in [2.45, 2.75) is 31.8 Å². The van der Waals surface area contributed by atoms with E-state index in [1.165, 1.54) is 11.9 Å². The second-order valence-electron chi connectivity index (χ2n) is 7.21. The summed E-state index contributed by atoms with van der Waals surface area (Å²) in [4.78, 5) is 40.1. The molecular weight excluding hydrogens is 364 g/mol. The number of nitrogens with one attached hydrogen (secondary N) is 1. The van der Waals surface area contributed by atoms with Crippen molar-refractivity contribution < 1.29 is 19.1 Å². The number of nitrogens with zero attached hydrogens (tertiary/aromatic N) is 1. The number of benzene rings is 1. The van der Waals surface area contributed by atoms with Crippen LogP contribution in [-0.4, -0.2) is 53.9 Å². The van der Waals surface area contributed by atoms with Gasteiger partial charge in [-0.05, 0) is 37.8 Å². The van der Waals surface area contributed by atoms with Crippen LogP contribution >= 0.6 is 11.8 Å². The Balaban J connectivity index is 2.12. The van der Waals surface area contributed by atoms with Crippen LogP contribution in [0.3, 0.4) is 0 Å². The Morgan fingerprint density at radius 2 is 2.07 bits per heavy atom. The number of carbonyl (C=O) groups excluding carboxylic acids is 3. The zero-order valence-corrected chi connectivity index (χ0v) is 17.0. The van der Waals surface area contributed by atoms with Crippen LogP contribution < -0.4 is 5.32 Å². The van der Waals surface area contributed by atoms with Crippen molar-refractivity contribution in [1.82, 2.24) is 10.2 Å². The van der Waals surface area contributed by atoms with Crippen molar-refractivity contribution in [3.63, 3.8) is 0 Å². The molecular formula is C20H26N2O4S. The summed E-state index contributed by atoms with van der Waals surface area (Å²) in [7, 11) is 1.50. The van der Waals surface area contributed by atoms with Gasteiger partial charge in [0.05, 0.1) is 18.4 Å². The molecule has 2 amide bonds. The van der Waals surface area contributed by atoms with Gasteiger partial charge < -0.3 is 4.74 Å². The number of aryl methyl sites for hydroxylation is 1. The molecule has 6 nitrogen and oxygen atoms in total. The molecule has 2 saturated heterocycles. The van der Waals surface area contributed by atoms with Gasteiger partial charge in [0.25, 0.3) is 0 Å². The number of esters is 1. The summed E-state index contributed by atoms with van der Waals surface area (Å²) in [6.07, 6.45) is 2.39. The molecule has 2 fully saturated rings. The normalized spacial score (nSPS) is 29.9. The number of imide groups is 1. The Kier molecular flexibility index (Phi) is 5.63. The molecule has 2 aliphatic rings. The molecule has 0 radical (unpaired) electrons. The lowest BCUT2D eigenvalue weighted by molar-refractivity contribution is -0.156. The van der Waals surface area contributed by atoms with Crippen LogP contribution in [0.4, 0.5) is 0 Å². The van der Waals surface area contributed by atoms with E-state index in [9.17, 15) is 14.4 Å². The first-order valence-corrected chi connectivity index (χ1v) is 10.6. The van der Waals surface area contributed by atoms with Gasteiger partial charge in [0.2, 0.25) is 11.8 Å². The monoisotopic (exact) mass is 390 g/mol. The van der Waals surface area contributed by atoms with Crippen molar-refractivity contribution in [1.29, 1.82) is 0 Å². The number of thioether (sulfide) groups is 1. The van der Waals surface area contributed by atoms with E-state index in [4.69, 9.17) is 4.74 Å². The smallest absolute Gasteiger partial charge is 0.327 e. The first-order chi connectivity index (χ1) is 12.9. The third-order valence-corrected chi connectivity index (χ3v) is 6.23. The molecule has 2 heterocycles. The molecule has 2 aliphatic heterocycles. The van der Waals surface area contributed by atoms with E-state index in [1.54, 1.807) is 18.7 Å². The maximum absolute atomic E-state index is 13.0. The van der Waals surface area contributed by atoms with Gasteiger partial charge in [-0.1, -0.05) is 29.8 Å². The van der Waals surface area contributed by atoms with Crippen molar-refractivity contribution in [3.8, 4) is 0 Å². The van der Waals surface area contributed by atoms with E-state index in [2.05, 4.69) is 5.32 Å². The molecule has 3 rings (SSSR count). The van der Waals surface area contributed by atoms with Crippen molar-refractivity contribution in [2.24, 2.45) is 11.8 Å². The molecule has 1 aromatic rings. The van der Waals surface area contributed by atoms with E-state index in [-0.39, 0.29) is 18.4 Å². The molecule has 146 valence electrons. The third-order valence-electron chi connectivity index (χ3n) is 5.62. The van der Waals surface area contributed by atoms with Gasteiger partial charge in [-0.25, -0.2) is 0 Å². The average molecular weight is 391 g/mol. The number of hydrogen-bond acceptors (Lipinski definition) is 6. The Morgan fingerprint density at radius 1 is 1.33 bits per heavy atom. The van der Waals surface area contributed by atoms with Gasteiger partial charge in [0, 0.05) is 13.1 Å².